The molecule has 1 saturated heterocycles. The molecule has 0 radical (unpaired) electrons. The van der Waals surface area contributed by atoms with Gasteiger partial charge in [0.15, 0.2) is 5.17 Å². The first-order valence-electron chi connectivity index (χ1n) is 7.98. The van der Waals surface area contributed by atoms with Crippen molar-refractivity contribution >= 4 is 28.9 Å². The van der Waals surface area contributed by atoms with Crippen LogP contribution in [0.1, 0.15) is 12.5 Å². The van der Waals surface area contributed by atoms with E-state index in [1.807, 2.05) is 37.3 Å². The Balaban J connectivity index is 1.75. The maximum Gasteiger partial charge on any atom is 0.286 e. The molecule has 1 fully saturated rings. The predicted molar refractivity (Wildman–Crippen MR) is 93.8 cm³/mol. The molecule has 0 spiro atoms. The first-order chi connectivity index (χ1) is 11.2. The molecule has 2 aliphatic heterocycles. The number of aliphatic imine (C=N–C) groups is 1. The molecule has 1 N–H and O–H groups in total. The van der Waals surface area contributed by atoms with E-state index in [1.54, 1.807) is 0 Å². The summed E-state index contributed by atoms with van der Waals surface area (Å²) >= 11 is 1.47. The Morgan fingerprint density at radius 3 is 2.83 bits per heavy atom. The molecule has 0 bridgehead atoms. The van der Waals surface area contributed by atoms with Gasteiger partial charge in [0.1, 0.15) is 5.75 Å². The summed E-state index contributed by atoms with van der Waals surface area (Å²) in [7, 11) is 2.20. The summed E-state index contributed by atoms with van der Waals surface area (Å²) in [5.41, 5.74) is 0.921. The molecule has 2 heterocycles. The number of nitrogens with one attached hydrogen (secondary N) is 1. The molecule has 3 rings (SSSR count). The van der Waals surface area contributed by atoms with Gasteiger partial charge in [-0.25, -0.2) is 0 Å². The Kier molecular flexibility index (Phi) is 5.03. The van der Waals surface area contributed by atoms with Crippen molar-refractivity contribution in [2.24, 2.45) is 4.99 Å². The standard InChI is InChI=1S/C17H21N3O2S/c1-3-22-14-7-5-4-6-13(14)12-15-16(21)18-17(23-15)20-10-8-19(2)9-11-20/h4-7,12H,3,8-11H2,1-2H3/p+1/b15-12-. The van der Waals surface area contributed by atoms with Crippen LogP contribution >= 0.6 is 11.8 Å². The highest BCUT2D eigenvalue weighted by atomic mass is 32.2. The molecule has 1 aromatic rings. The fourth-order valence-electron chi connectivity index (χ4n) is 2.64. The normalized spacial score (nSPS) is 21.0. The molecule has 122 valence electrons. The van der Waals surface area contributed by atoms with Crippen molar-refractivity contribution in [1.82, 2.24) is 4.90 Å². The van der Waals surface area contributed by atoms with E-state index < -0.39 is 0 Å². The lowest BCUT2D eigenvalue weighted by atomic mass is 10.2. The number of hydrogen-bond acceptors (Lipinski definition) is 4. The van der Waals surface area contributed by atoms with Gasteiger partial charge in [0.25, 0.3) is 5.91 Å². The van der Waals surface area contributed by atoms with Gasteiger partial charge in [-0.05, 0) is 30.8 Å². The minimum atomic E-state index is -0.150. The number of piperazine rings is 1. The first-order valence-corrected chi connectivity index (χ1v) is 8.79. The number of likely N-dealkylation sites (N-methyl/N-ethyl adjacent to an activating group) is 1. The van der Waals surface area contributed by atoms with Crippen LogP contribution in [0.15, 0.2) is 34.2 Å². The van der Waals surface area contributed by atoms with Crippen LogP contribution in [0.25, 0.3) is 6.08 Å². The number of hydrogen-bond donors (Lipinski definition) is 1. The van der Waals surface area contributed by atoms with Crippen LogP contribution < -0.4 is 9.64 Å². The predicted octanol–water partition coefficient (Wildman–Crippen LogP) is 0.886. The number of carbonyl (C=O) groups excluding carboxylic acids is 1. The summed E-state index contributed by atoms with van der Waals surface area (Å²) in [5.74, 6) is 0.648. The van der Waals surface area contributed by atoms with Gasteiger partial charge in [-0.1, -0.05) is 18.2 Å². The highest BCUT2D eigenvalue weighted by molar-refractivity contribution is 8.18. The lowest BCUT2D eigenvalue weighted by Gasteiger charge is -2.30. The average molecular weight is 332 g/mol. The molecule has 0 saturated carbocycles. The lowest BCUT2D eigenvalue weighted by Crippen LogP contribution is -3.12. The van der Waals surface area contributed by atoms with Gasteiger partial charge in [0.05, 0.1) is 44.7 Å². The molecule has 0 unspecified atom stereocenters. The second kappa shape index (κ2) is 7.19. The van der Waals surface area contributed by atoms with Gasteiger partial charge >= 0.3 is 0 Å². The Morgan fingerprint density at radius 1 is 1.35 bits per heavy atom. The highest BCUT2D eigenvalue weighted by Gasteiger charge is 2.28. The zero-order chi connectivity index (χ0) is 16.2. The number of quaternary nitrogens is 1. The molecule has 0 aliphatic carbocycles. The van der Waals surface area contributed by atoms with Crippen molar-refractivity contribution in [3.8, 4) is 5.75 Å². The Hall–Kier alpha value is -1.79. The van der Waals surface area contributed by atoms with Crippen LogP contribution in [0.5, 0.6) is 5.75 Å². The topological polar surface area (TPSA) is 46.3 Å². The number of ether oxygens (including phenoxy) is 1. The van der Waals surface area contributed by atoms with E-state index in [4.69, 9.17) is 4.74 Å². The molecule has 0 aromatic heterocycles. The largest absolute Gasteiger partial charge is 0.493 e. The van der Waals surface area contributed by atoms with Crippen LogP contribution in [0.4, 0.5) is 0 Å². The lowest BCUT2D eigenvalue weighted by molar-refractivity contribution is -0.883. The molecule has 5 nitrogen and oxygen atoms in total. The van der Waals surface area contributed by atoms with Gasteiger partial charge in [0.2, 0.25) is 0 Å². The number of amidine groups is 1. The smallest absolute Gasteiger partial charge is 0.286 e. The third kappa shape index (κ3) is 3.76. The van der Waals surface area contributed by atoms with Crippen molar-refractivity contribution in [1.29, 1.82) is 0 Å². The zero-order valence-electron chi connectivity index (χ0n) is 13.5. The summed E-state index contributed by atoms with van der Waals surface area (Å²) in [6.07, 6.45) is 1.88. The molecule has 2 aliphatic rings. The van der Waals surface area contributed by atoms with Crippen LogP contribution in [0.2, 0.25) is 0 Å². The highest BCUT2D eigenvalue weighted by Crippen LogP contribution is 2.32. The minimum absolute atomic E-state index is 0.150. The SMILES string of the molecule is CCOc1ccccc1/C=C1\SC(N2CC[NH+](C)CC2)=NC1=O. The summed E-state index contributed by atoms with van der Waals surface area (Å²) in [6.45, 7) is 6.63. The van der Waals surface area contributed by atoms with Gasteiger partial charge in [-0.2, -0.15) is 4.99 Å². The zero-order valence-corrected chi connectivity index (χ0v) is 14.4. The quantitative estimate of drug-likeness (QED) is 0.835. The minimum Gasteiger partial charge on any atom is -0.493 e. The second-order valence-corrected chi connectivity index (χ2v) is 6.73. The summed E-state index contributed by atoms with van der Waals surface area (Å²) in [5, 5.41) is 0.836. The van der Waals surface area contributed by atoms with E-state index >= 15 is 0 Å². The van der Waals surface area contributed by atoms with Crippen LogP contribution in [0.3, 0.4) is 0 Å². The molecule has 23 heavy (non-hydrogen) atoms. The van der Waals surface area contributed by atoms with Crippen molar-refractivity contribution in [2.75, 3.05) is 39.8 Å². The van der Waals surface area contributed by atoms with E-state index in [2.05, 4.69) is 16.9 Å². The van der Waals surface area contributed by atoms with Gasteiger partial charge in [-0.15, -0.1) is 0 Å². The monoisotopic (exact) mass is 332 g/mol. The van der Waals surface area contributed by atoms with E-state index in [0.29, 0.717) is 11.5 Å². The third-order valence-electron chi connectivity index (χ3n) is 4.00. The molecule has 6 heteroatoms. The number of para-hydroxylation sites is 1. The van der Waals surface area contributed by atoms with Crippen LogP contribution in [-0.4, -0.2) is 55.8 Å². The summed E-state index contributed by atoms with van der Waals surface area (Å²) in [6, 6.07) is 7.77. The Morgan fingerprint density at radius 2 is 2.09 bits per heavy atom. The molecule has 0 atom stereocenters. The maximum absolute atomic E-state index is 12.2. The second-order valence-electron chi connectivity index (χ2n) is 5.73. The molecular formula is C17H22N3O2S+. The van der Waals surface area contributed by atoms with Crippen molar-refractivity contribution in [3.05, 3.63) is 34.7 Å². The number of benzene rings is 1. The maximum atomic E-state index is 12.2. The molecular weight excluding hydrogens is 310 g/mol. The number of thioether (sulfide) groups is 1. The van der Waals surface area contributed by atoms with Crippen LogP contribution in [-0.2, 0) is 4.79 Å². The fraction of sp³-hybridized carbons (Fsp3) is 0.412. The Bertz CT molecular complexity index is 649. The van der Waals surface area contributed by atoms with Gasteiger partial charge in [0, 0.05) is 5.56 Å². The first kappa shape index (κ1) is 16.1. The van der Waals surface area contributed by atoms with Gasteiger partial charge < -0.3 is 14.5 Å². The molecule has 1 aromatic carbocycles. The van der Waals surface area contributed by atoms with E-state index in [1.165, 1.54) is 16.7 Å². The van der Waals surface area contributed by atoms with Crippen molar-refractivity contribution in [2.45, 2.75) is 6.92 Å². The third-order valence-corrected chi connectivity index (χ3v) is 5.05. The van der Waals surface area contributed by atoms with E-state index in [9.17, 15) is 4.79 Å². The summed E-state index contributed by atoms with van der Waals surface area (Å²) in [4.78, 5) is 20.9. The Labute approximate surface area is 141 Å². The number of nitrogens with zero attached hydrogens (tertiary/aromatic N) is 2. The average Bonchev–Trinajstić information content (AvgIpc) is 2.91. The van der Waals surface area contributed by atoms with Crippen molar-refractivity contribution < 1.29 is 14.4 Å². The fourth-order valence-corrected chi connectivity index (χ4v) is 3.60. The van der Waals surface area contributed by atoms with E-state index in [-0.39, 0.29) is 5.91 Å². The van der Waals surface area contributed by atoms with E-state index in [0.717, 1.165) is 42.7 Å². The van der Waals surface area contributed by atoms with Crippen LogP contribution in [0, 0.1) is 0 Å². The summed E-state index contributed by atoms with van der Waals surface area (Å²) < 4.78 is 5.62. The molecule has 1 amide bonds. The van der Waals surface area contributed by atoms with Crippen molar-refractivity contribution in [3.63, 3.8) is 0 Å². The number of rotatable bonds is 3. The number of amides is 1. The van der Waals surface area contributed by atoms with Gasteiger partial charge in [-0.3, -0.25) is 4.79 Å². The number of carbonyl (C=O) groups is 1.